The molecule has 0 atom stereocenters. The number of likely N-dealkylation sites (tertiary alicyclic amines) is 1. The van der Waals surface area contributed by atoms with Gasteiger partial charge < -0.3 is 5.32 Å². The number of nitrogens with one attached hydrogen (secondary N) is 2. The lowest BCUT2D eigenvalue weighted by atomic mass is 10.1. The summed E-state index contributed by atoms with van der Waals surface area (Å²) >= 11 is 0. The summed E-state index contributed by atoms with van der Waals surface area (Å²) in [5.41, 5.74) is 4.49. The van der Waals surface area contributed by atoms with Crippen molar-refractivity contribution in [2.75, 3.05) is 17.8 Å². The summed E-state index contributed by atoms with van der Waals surface area (Å²) in [6.45, 7) is 7.15. The van der Waals surface area contributed by atoms with E-state index in [9.17, 15) is 13.2 Å². The summed E-state index contributed by atoms with van der Waals surface area (Å²) in [7, 11) is -3.84. The first-order chi connectivity index (χ1) is 16.8. The number of carbonyl (C=O) groups is 1. The molecule has 1 heterocycles. The maximum absolute atomic E-state index is 13.1. The Morgan fingerprint density at radius 1 is 0.857 bits per heavy atom. The Morgan fingerprint density at radius 2 is 1.60 bits per heavy atom. The minimum Gasteiger partial charge on any atom is -0.348 e. The second-order valence-corrected chi connectivity index (χ2v) is 10.9. The third-order valence-electron chi connectivity index (χ3n) is 6.43. The Hall–Kier alpha value is -3.16. The zero-order valence-electron chi connectivity index (χ0n) is 20.4. The maximum atomic E-state index is 13.1. The predicted molar refractivity (Wildman–Crippen MR) is 140 cm³/mol. The molecule has 0 bridgehead atoms. The molecule has 0 aliphatic carbocycles. The Bertz CT molecular complexity index is 1300. The van der Waals surface area contributed by atoms with Crippen LogP contribution in [0.3, 0.4) is 0 Å². The number of rotatable bonds is 8. The zero-order chi connectivity index (χ0) is 24.8. The van der Waals surface area contributed by atoms with Crippen LogP contribution in [0.5, 0.6) is 0 Å². The van der Waals surface area contributed by atoms with Crippen LogP contribution >= 0.6 is 0 Å². The third kappa shape index (κ3) is 6.50. The first-order valence-electron chi connectivity index (χ1n) is 12.1. The molecular weight excluding hydrogens is 458 g/mol. The number of hydrogen-bond donors (Lipinski definition) is 2. The topological polar surface area (TPSA) is 78.5 Å². The summed E-state index contributed by atoms with van der Waals surface area (Å²) in [6.07, 6.45) is 3.82. The van der Waals surface area contributed by atoms with Crippen LogP contribution in [0.15, 0.2) is 71.6 Å². The minimum absolute atomic E-state index is 0.0944. The number of nitrogens with zero attached hydrogens (tertiary/aromatic N) is 1. The molecule has 4 rings (SSSR count). The van der Waals surface area contributed by atoms with Crippen molar-refractivity contribution in [1.82, 2.24) is 10.2 Å². The molecule has 184 valence electrons. The number of carbonyl (C=O) groups excluding carboxylic acids is 1. The summed E-state index contributed by atoms with van der Waals surface area (Å²) in [5.74, 6) is -0.307. The number of para-hydroxylation sites is 1. The average molecular weight is 492 g/mol. The number of aryl methyl sites for hydroxylation is 2. The van der Waals surface area contributed by atoms with Crippen molar-refractivity contribution in [3.05, 3.63) is 94.5 Å². The van der Waals surface area contributed by atoms with Crippen molar-refractivity contribution in [2.24, 2.45) is 0 Å². The fraction of sp³-hybridized carbons (Fsp3) is 0.321. The Morgan fingerprint density at radius 3 is 2.37 bits per heavy atom. The Labute approximate surface area is 208 Å². The van der Waals surface area contributed by atoms with Gasteiger partial charge in [-0.2, -0.15) is 0 Å². The summed E-state index contributed by atoms with van der Waals surface area (Å²) in [6, 6.07) is 20.2. The Kier molecular flexibility index (Phi) is 7.88. The van der Waals surface area contributed by atoms with Gasteiger partial charge in [0, 0.05) is 18.7 Å². The molecule has 35 heavy (non-hydrogen) atoms. The first-order valence-corrected chi connectivity index (χ1v) is 13.6. The molecule has 1 amide bonds. The van der Waals surface area contributed by atoms with E-state index >= 15 is 0 Å². The Balaban J connectivity index is 1.43. The highest BCUT2D eigenvalue weighted by Crippen LogP contribution is 2.23. The number of sulfonamides is 1. The number of hydrogen-bond acceptors (Lipinski definition) is 4. The number of piperidine rings is 1. The second-order valence-electron chi connectivity index (χ2n) is 9.24. The van der Waals surface area contributed by atoms with E-state index in [4.69, 9.17) is 0 Å². The van der Waals surface area contributed by atoms with Crippen molar-refractivity contribution in [1.29, 1.82) is 0 Å². The quantitative estimate of drug-likeness (QED) is 0.464. The van der Waals surface area contributed by atoms with E-state index in [0.717, 1.165) is 30.8 Å². The molecule has 0 spiro atoms. The molecule has 2 N–H and O–H groups in total. The van der Waals surface area contributed by atoms with Crippen molar-refractivity contribution in [2.45, 2.75) is 51.1 Å². The number of anilines is 1. The lowest BCUT2D eigenvalue weighted by Crippen LogP contribution is -2.29. The summed E-state index contributed by atoms with van der Waals surface area (Å²) in [5, 5.41) is 2.94. The molecule has 0 aromatic heterocycles. The van der Waals surface area contributed by atoms with Crippen molar-refractivity contribution < 1.29 is 13.2 Å². The monoisotopic (exact) mass is 491 g/mol. The van der Waals surface area contributed by atoms with Gasteiger partial charge in [-0.05, 0) is 80.2 Å². The minimum atomic E-state index is -3.84. The van der Waals surface area contributed by atoms with Gasteiger partial charge in [0.05, 0.1) is 10.6 Å². The van der Waals surface area contributed by atoms with Crippen molar-refractivity contribution in [3.8, 4) is 0 Å². The van der Waals surface area contributed by atoms with E-state index in [0.29, 0.717) is 23.4 Å². The van der Waals surface area contributed by atoms with Gasteiger partial charge in [-0.15, -0.1) is 0 Å². The standard InChI is InChI=1S/C28H33N3O3S/c1-21-9-4-5-12-26(21)30-35(33,34)27-18-25(14-13-22(27)2)28(32)29-19-23-10-8-11-24(17-23)20-31-15-6-3-7-16-31/h4-5,8-14,17-18,30H,3,6-7,15-16,19-20H2,1-2H3,(H,29,32). The van der Waals surface area contributed by atoms with E-state index in [2.05, 4.69) is 27.1 Å². The van der Waals surface area contributed by atoms with Gasteiger partial charge in [0.2, 0.25) is 0 Å². The molecule has 1 fully saturated rings. The van der Waals surface area contributed by atoms with Crippen molar-refractivity contribution >= 4 is 21.6 Å². The van der Waals surface area contributed by atoms with Crippen LogP contribution in [0.25, 0.3) is 0 Å². The van der Waals surface area contributed by atoms with E-state index in [1.807, 2.05) is 31.2 Å². The molecule has 3 aromatic carbocycles. The van der Waals surface area contributed by atoms with E-state index in [1.54, 1.807) is 31.2 Å². The van der Waals surface area contributed by atoms with Crippen LogP contribution in [-0.2, 0) is 23.1 Å². The van der Waals surface area contributed by atoms with Gasteiger partial charge in [-0.3, -0.25) is 14.4 Å². The largest absolute Gasteiger partial charge is 0.348 e. The molecule has 1 aliphatic rings. The molecule has 0 saturated carbocycles. The molecule has 7 heteroatoms. The van der Waals surface area contributed by atoms with Crippen LogP contribution in [0.4, 0.5) is 5.69 Å². The highest BCUT2D eigenvalue weighted by atomic mass is 32.2. The zero-order valence-corrected chi connectivity index (χ0v) is 21.2. The van der Waals surface area contributed by atoms with Gasteiger partial charge in [-0.25, -0.2) is 8.42 Å². The lowest BCUT2D eigenvalue weighted by molar-refractivity contribution is 0.0950. The predicted octanol–water partition coefficient (Wildman–Crippen LogP) is 5.02. The highest BCUT2D eigenvalue weighted by Gasteiger charge is 2.20. The first kappa shape index (κ1) is 24.9. The number of amides is 1. The van der Waals surface area contributed by atoms with Crippen molar-refractivity contribution in [3.63, 3.8) is 0 Å². The van der Waals surface area contributed by atoms with Crippen LogP contribution < -0.4 is 10.0 Å². The molecule has 3 aromatic rings. The average Bonchev–Trinajstić information content (AvgIpc) is 2.85. The van der Waals surface area contributed by atoms with Gasteiger partial charge in [0.15, 0.2) is 0 Å². The SMILES string of the molecule is Cc1ccccc1NS(=O)(=O)c1cc(C(=O)NCc2cccc(CN3CCCCC3)c2)ccc1C. The molecular formula is C28H33N3O3S. The van der Waals surface area contributed by atoms with Crippen LogP contribution in [0.2, 0.25) is 0 Å². The normalized spacial score (nSPS) is 14.5. The van der Waals surface area contributed by atoms with Crippen LogP contribution in [0, 0.1) is 13.8 Å². The van der Waals surface area contributed by atoms with Gasteiger partial charge >= 0.3 is 0 Å². The second kappa shape index (κ2) is 11.1. The smallest absolute Gasteiger partial charge is 0.262 e. The molecule has 0 radical (unpaired) electrons. The van der Waals surface area contributed by atoms with E-state index in [-0.39, 0.29) is 10.8 Å². The van der Waals surface area contributed by atoms with Crippen LogP contribution in [0.1, 0.15) is 51.9 Å². The summed E-state index contributed by atoms with van der Waals surface area (Å²) < 4.78 is 28.8. The molecule has 1 aliphatic heterocycles. The maximum Gasteiger partial charge on any atom is 0.262 e. The summed E-state index contributed by atoms with van der Waals surface area (Å²) in [4.78, 5) is 15.5. The number of benzene rings is 3. The van der Waals surface area contributed by atoms with Gasteiger partial charge in [-0.1, -0.05) is 55.0 Å². The fourth-order valence-electron chi connectivity index (χ4n) is 4.42. The van der Waals surface area contributed by atoms with Gasteiger partial charge in [0.1, 0.15) is 0 Å². The van der Waals surface area contributed by atoms with Gasteiger partial charge in [0.25, 0.3) is 15.9 Å². The fourth-order valence-corrected chi connectivity index (χ4v) is 5.82. The van der Waals surface area contributed by atoms with E-state index < -0.39 is 10.0 Å². The molecule has 1 saturated heterocycles. The lowest BCUT2D eigenvalue weighted by Gasteiger charge is -2.26. The van der Waals surface area contributed by atoms with Crippen LogP contribution in [-0.4, -0.2) is 32.3 Å². The molecule has 0 unspecified atom stereocenters. The third-order valence-corrected chi connectivity index (χ3v) is 7.94. The molecule has 6 nitrogen and oxygen atoms in total. The van der Waals surface area contributed by atoms with E-state index in [1.165, 1.54) is 30.9 Å². The highest BCUT2D eigenvalue weighted by molar-refractivity contribution is 7.92.